The molecule has 0 aliphatic carbocycles. The topological polar surface area (TPSA) is 87.1 Å². The lowest BCUT2D eigenvalue weighted by molar-refractivity contribution is -0.150. The highest BCUT2D eigenvalue weighted by molar-refractivity contribution is 5.84. The Hall–Kier alpha value is -2.57. The van der Waals surface area contributed by atoms with Crippen molar-refractivity contribution in [2.75, 3.05) is 19.6 Å². The van der Waals surface area contributed by atoms with Crippen LogP contribution < -0.4 is 0 Å². The summed E-state index contributed by atoms with van der Waals surface area (Å²) >= 11 is 0. The molecule has 0 saturated carbocycles. The molecule has 0 bridgehead atoms. The molecule has 2 saturated heterocycles. The van der Waals surface area contributed by atoms with Gasteiger partial charge in [0.15, 0.2) is 0 Å². The quantitative estimate of drug-likeness (QED) is 0.902. The molecule has 1 aromatic carbocycles. The molecule has 7 heteroatoms. The molecular formula is C17H20N2O5. The second-order valence-electron chi connectivity index (χ2n) is 6.23. The molecule has 0 radical (unpaired) electrons. The Morgan fingerprint density at radius 1 is 1.17 bits per heavy atom. The number of carbonyl (C=O) groups is 3. The van der Waals surface area contributed by atoms with Gasteiger partial charge in [0.25, 0.3) is 0 Å². The molecule has 2 aliphatic rings. The zero-order valence-electron chi connectivity index (χ0n) is 13.3. The lowest BCUT2D eigenvalue weighted by Gasteiger charge is -2.44. The molecule has 2 atom stereocenters. The van der Waals surface area contributed by atoms with Gasteiger partial charge in [-0.2, -0.15) is 0 Å². The Bertz CT molecular complexity index is 633. The van der Waals surface area contributed by atoms with Crippen molar-refractivity contribution in [2.24, 2.45) is 5.92 Å². The van der Waals surface area contributed by atoms with E-state index in [2.05, 4.69) is 0 Å². The Morgan fingerprint density at radius 2 is 1.92 bits per heavy atom. The number of hydrogen-bond donors (Lipinski definition) is 1. The summed E-state index contributed by atoms with van der Waals surface area (Å²) in [6, 6.07) is 9.23. The van der Waals surface area contributed by atoms with E-state index in [4.69, 9.17) is 9.84 Å². The third kappa shape index (κ3) is 3.50. The van der Waals surface area contributed by atoms with E-state index in [0.29, 0.717) is 19.4 Å². The number of benzene rings is 1. The number of nitrogens with zero attached hydrogens (tertiary/aromatic N) is 2. The first-order valence-electron chi connectivity index (χ1n) is 8.02. The SMILES string of the molecule is O=C(O)[C@H]1CC[C@@H]2CN(C(=O)OCc3ccccc3)CC(=O)N2C1. The molecule has 2 aliphatic heterocycles. The highest BCUT2D eigenvalue weighted by atomic mass is 16.6. The van der Waals surface area contributed by atoms with Crippen LogP contribution in [-0.4, -0.2) is 58.6 Å². The molecule has 128 valence electrons. The van der Waals surface area contributed by atoms with Gasteiger partial charge in [0.05, 0.1) is 5.92 Å². The minimum absolute atomic E-state index is 0.0591. The van der Waals surface area contributed by atoms with Crippen LogP contribution in [0.1, 0.15) is 18.4 Å². The van der Waals surface area contributed by atoms with Crippen molar-refractivity contribution in [3.8, 4) is 0 Å². The third-order valence-corrected chi connectivity index (χ3v) is 4.60. The van der Waals surface area contributed by atoms with Crippen molar-refractivity contribution in [1.29, 1.82) is 0 Å². The molecule has 0 aromatic heterocycles. The van der Waals surface area contributed by atoms with Crippen molar-refractivity contribution in [3.05, 3.63) is 35.9 Å². The van der Waals surface area contributed by atoms with Crippen LogP contribution in [0, 0.1) is 5.92 Å². The Morgan fingerprint density at radius 3 is 2.62 bits per heavy atom. The summed E-state index contributed by atoms with van der Waals surface area (Å²) in [5.74, 6) is -1.60. The number of piperidine rings is 1. The number of aliphatic carboxylic acids is 1. The third-order valence-electron chi connectivity index (χ3n) is 4.60. The van der Waals surface area contributed by atoms with Crippen LogP contribution in [0.15, 0.2) is 30.3 Å². The average Bonchev–Trinajstić information content (AvgIpc) is 2.60. The number of piperazine rings is 1. The van der Waals surface area contributed by atoms with Crippen LogP contribution in [0.4, 0.5) is 4.79 Å². The van der Waals surface area contributed by atoms with Crippen LogP contribution in [0.2, 0.25) is 0 Å². The second kappa shape index (κ2) is 6.90. The van der Waals surface area contributed by atoms with Gasteiger partial charge < -0.3 is 14.7 Å². The molecule has 2 amide bonds. The number of carboxylic acid groups (broad SMARTS) is 1. The van der Waals surface area contributed by atoms with Crippen LogP contribution in [-0.2, 0) is 20.9 Å². The number of rotatable bonds is 3. The van der Waals surface area contributed by atoms with Gasteiger partial charge in [0, 0.05) is 19.1 Å². The van der Waals surface area contributed by atoms with Crippen molar-refractivity contribution in [3.63, 3.8) is 0 Å². The summed E-state index contributed by atoms with van der Waals surface area (Å²) in [5.41, 5.74) is 0.887. The first-order chi connectivity index (χ1) is 11.5. The highest BCUT2D eigenvalue weighted by Crippen LogP contribution is 2.26. The zero-order chi connectivity index (χ0) is 17.1. The Balaban J connectivity index is 1.56. The summed E-state index contributed by atoms with van der Waals surface area (Å²) in [4.78, 5) is 38.6. The summed E-state index contributed by atoms with van der Waals surface area (Å²) in [7, 11) is 0. The summed E-state index contributed by atoms with van der Waals surface area (Å²) in [6.45, 7) is 0.730. The summed E-state index contributed by atoms with van der Waals surface area (Å²) in [6.07, 6.45) is 0.606. The summed E-state index contributed by atoms with van der Waals surface area (Å²) < 4.78 is 5.28. The maximum atomic E-state index is 12.3. The molecule has 1 aromatic rings. The number of ether oxygens (including phenoxy) is 1. The van der Waals surface area contributed by atoms with Gasteiger partial charge in [-0.25, -0.2) is 4.79 Å². The van der Waals surface area contributed by atoms with Crippen molar-refractivity contribution < 1.29 is 24.2 Å². The minimum Gasteiger partial charge on any atom is -0.481 e. The standard InChI is InChI=1S/C17H20N2O5/c20-15-10-18(17(23)24-11-12-4-2-1-3-5-12)9-14-7-6-13(16(21)22)8-19(14)15/h1-5,13-14H,6-11H2,(H,21,22)/t13-,14+/m0/s1. The maximum absolute atomic E-state index is 12.3. The smallest absolute Gasteiger partial charge is 0.410 e. The monoisotopic (exact) mass is 332 g/mol. The Labute approximate surface area is 139 Å². The van der Waals surface area contributed by atoms with Gasteiger partial charge in [0.1, 0.15) is 13.2 Å². The van der Waals surface area contributed by atoms with E-state index >= 15 is 0 Å². The van der Waals surface area contributed by atoms with Gasteiger partial charge in [-0.1, -0.05) is 30.3 Å². The largest absolute Gasteiger partial charge is 0.481 e. The van der Waals surface area contributed by atoms with E-state index in [1.807, 2.05) is 30.3 Å². The molecule has 7 nitrogen and oxygen atoms in total. The number of amides is 2. The van der Waals surface area contributed by atoms with Gasteiger partial charge in [0.2, 0.25) is 5.91 Å². The van der Waals surface area contributed by atoms with Gasteiger partial charge in [-0.15, -0.1) is 0 Å². The van der Waals surface area contributed by atoms with E-state index in [0.717, 1.165) is 5.56 Å². The van der Waals surface area contributed by atoms with E-state index < -0.39 is 18.0 Å². The Kier molecular flexibility index (Phi) is 4.69. The highest BCUT2D eigenvalue weighted by Gasteiger charge is 2.40. The minimum atomic E-state index is -0.869. The fourth-order valence-electron chi connectivity index (χ4n) is 3.25. The maximum Gasteiger partial charge on any atom is 0.410 e. The van der Waals surface area contributed by atoms with E-state index in [-0.39, 0.29) is 31.6 Å². The van der Waals surface area contributed by atoms with Crippen LogP contribution in [0.5, 0.6) is 0 Å². The first kappa shape index (κ1) is 16.3. The molecule has 0 unspecified atom stereocenters. The molecular weight excluding hydrogens is 312 g/mol. The predicted octanol–water partition coefficient (Wildman–Crippen LogP) is 1.33. The van der Waals surface area contributed by atoms with Gasteiger partial charge in [-0.05, 0) is 18.4 Å². The van der Waals surface area contributed by atoms with Gasteiger partial charge in [-0.3, -0.25) is 14.5 Å². The molecule has 2 fully saturated rings. The van der Waals surface area contributed by atoms with E-state index in [1.54, 1.807) is 4.90 Å². The number of carbonyl (C=O) groups excluding carboxylic acids is 2. The van der Waals surface area contributed by atoms with Gasteiger partial charge >= 0.3 is 12.1 Å². The van der Waals surface area contributed by atoms with Crippen LogP contribution in [0.3, 0.4) is 0 Å². The van der Waals surface area contributed by atoms with Crippen molar-refractivity contribution in [2.45, 2.75) is 25.5 Å². The fraction of sp³-hybridized carbons (Fsp3) is 0.471. The average molecular weight is 332 g/mol. The fourth-order valence-corrected chi connectivity index (χ4v) is 3.25. The molecule has 1 N–H and O–H groups in total. The lowest BCUT2D eigenvalue weighted by atomic mass is 9.91. The van der Waals surface area contributed by atoms with E-state index in [1.165, 1.54) is 4.90 Å². The molecule has 3 rings (SSSR count). The normalized spacial score (nSPS) is 23.6. The van der Waals surface area contributed by atoms with E-state index in [9.17, 15) is 14.4 Å². The molecule has 2 heterocycles. The lowest BCUT2D eigenvalue weighted by Crippen LogP contribution is -2.61. The second-order valence-corrected chi connectivity index (χ2v) is 6.23. The zero-order valence-corrected chi connectivity index (χ0v) is 13.3. The molecule has 24 heavy (non-hydrogen) atoms. The van der Waals surface area contributed by atoms with Crippen molar-refractivity contribution in [1.82, 2.24) is 9.80 Å². The number of hydrogen-bond acceptors (Lipinski definition) is 4. The molecule has 0 spiro atoms. The van der Waals surface area contributed by atoms with Crippen molar-refractivity contribution >= 4 is 18.0 Å². The predicted molar refractivity (Wildman–Crippen MR) is 84.1 cm³/mol. The number of fused-ring (bicyclic) bond motifs is 1. The summed E-state index contributed by atoms with van der Waals surface area (Å²) in [5, 5.41) is 9.11. The van der Waals surface area contributed by atoms with Crippen LogP contribution in [0.25, 0.3) is 0 Å². The van der Waals surface area contributed by atoms with Crippen LogP contribution >= 0.6 is 0 Å². The number of carboxylic acids is 1. The first-order valence-corrected chi connectivity index (χ1v) is 8.02.